The van der Waals surface area contributed by atoms with Crippen LogP contribution >= 0.6 is 23.5 Å². The van der Waals surface area contributed by atoms with Crippen LogP contribution < -0.4 is 4.90 Å². The molecule has 1 aliphatic heterocycles. The van der Waals surface area contributed by atoms with E-state index in [2.05, 4.69) is 4.90 Å². The number of hydrogen-bond acceptors (Lipinski definition) is 6. The van der Waals surface area contributed by atoms with Crippen molar-refractivity contribution in [2.75, 3.05) is 54.6 Å². The highest BCUT2D eigenvalue weighted by Gasteiger charge is 2.07. The van der Waals surface area contributed by atoms with Gasteiger partial charge in [0.05, 0.1) is 38.2 Å². The van der Waals surface area contributed by atoms with Gasteiger partial charge < -0.3 is 19.5 Å². The minimum atomic E-state index is 0.307. The number of phenolic OH excluding ortho intramolecular Hbond substituents is 1. The molecule has 6 heteroatoms. The lowest BCUT2D eigenvalue weighted by atomic mass is 10.3. The third kappa shape index (κ3) is 5.83. The Morgan fingerprint density at radius 2 is 1.40 bits per heavy atom. The minimum absolute atomic E-state index is 0.307. The maximum Gasteiger partial charge on any atom is 0.115 e. The van der Waals surface area contributed by atoms with Gasteiger partial charge in [-0.3, -0.25) is 0 Å². The van der Waals surface area contributed by atoms with Crippen molar-refractivity contribution >= 4 is 29.2 Å². The highest BCUT2D eigenvalue weighted by atomic mass is 32.2. The van der Waals surface area contributed by atoms with E-state index < -0.39 is 0 Å². The van der Waals surface area contributed by atoms with Crippen molar-refractivity contribution in [3.05, 3.63) is 24.3 Å². The van der Waals surface area contributed by atoms with E-state index >= 15 is 0 Å². The molecular formula is C14H21NO3S2. The summed E-state index contributed by atoms with van der Waals surface area (Å²) >= 11 is 3.73. The Labute approximate surface area is 128 Å². The van der Waals surface area contributed by atoms with Crippen LogP contribution in [0.15, 0.2) is 24.3 Å². The summed E-state index contributed by atoms with van der Waals surface area (Å²) in [4.78, 5) is 2.31. The fourth-order valence-electron chi connectivity index (χ4n) is 1.76. The van der Waals surface area contributed by atoms with Gasteiger partial charge in [-0.1, -0.05) is 0 Å². The zero-order valence-corrected chi connectivity index (χ0v) is 13.1. The molecule has 1 aromatic rings. The van der Waals surface area contributed by atoms with Crippen molar-refractivity contribution in [2.24, 2.45) is 0 Å². The number of nitrogens with zero attached hydrogens (tertiary/aromatic N) is 1. The number of phenols is 1. The van der Waals surface area contributed by atoms with E-state index in [0.29, 0.717) is 19.0 Å². The number of benzene rings is 1. The molecule has 0 atom stereocenters. The summed E-state index contributed by atoms with van der Waals surface area (Å²) in [5.74, 6) is 4.14. The van der Waals surface area contributed by atoms with Crippen LogP contribution in [0.2, 0.25) is 0 Å². The Balaban J connectivity index is 1.90. The SMILES string of the molecule is Oc1ccc(N2CSCCOCCOCCSC2)cc1. The molecule has 0 amide bonds. The fraction of sp³-hybridized carbons (Fsp3) is 0.571. The van der Waals surface area contributed by atoms with E-state index in [1.54, 1.807) is 12.1 Å². The molecule has 0 unspecified atom stereocenters. The van der Waals surface area contributed by atoms with Crippen molar-refractivity contribution in [3.8, 4) is 5.75 Å². The Morgan fingerprint density at radius 1 is 0.850 bits per heavy atom. The van der Waals surface area contributed by atoms with Crippen LogP contribution in [-0.4, -0.2) is 54.8 Å². The third-order valence-electron chi connectivity index (χ3n) is 2.83. The van der Waals surface area contributed by atoms with E-state index in [4.69, 9.17) is 9.47 Å². The molecule has 1 heterocycles. The van der Waals surface area contributed by atoms with Gasteiger partial charge in [0.1, 0.15) is 5.75 Å². The van der Waals surface area contributed by atoms with Gasteiger partial charge in [0, 0.05) is 17.2 Å². The molecule has 0 aliphatic carbocycles. The van der Waals surface area contributed by atoms with Crippen molar-refractivity contribution in [1.82, 2.24) is 0 Å². The largest absolute Gasteiger partial charge is 0.508 e. The molecule has 1 aromatic carbocycles. The first-order chi connectivity index (χ1) is 9.86. The van der Waals surface area contributed by atoms with Crippen molar-refractivity contribution in [1.29, 1.82) is 0 Å². The van der Waals surface area contributed by atoms with Gasteiger partial charge in [0.15, 0.2) is 0 Å². The molecule has 20 heavy (non-hydrogen) atoms. The Bertz CT molecular complexity index is 361. The van der Waals surface area contributed by atoms with E-state index in [9.17, 15) is 5.11 Å². The van der Waals surface area contributed by atoms with Crippen LogP contribution in [0.4, 0.5) is 5.69 Å². The molecule has 1 fully saturated rings. The summed E-state index contributed by atoms with van der Waals surface area (Å²) in [6.45, 7) is 2.91. The highest BCUT2D eigenvalue weighted by Crippen LogP contribution is 2.22. The van der Waals surface area contributed by atoms with E-state index in [1.807, 2.05) is 35.7 Å². The summed E-state index contributed by atoms with van der Waals surface area (Å²) in [6, 6.07) is 7.39. The molecule has 1 saturated heterocycles. The first kappa shape index (κ1) is 15.8. The predicted molar refractivity (Wildman–Crippen MR) is 86.9 cm³/mol. The highest BCUT2D eigenvalue weighted by molar-refractivity contribution is 8.00. The Kier molecular flexibility index (Phi) is 7.43. The molecule has 2 rings (SSSR count). The first-order valence-electron chi connectivity index (χ1n) is 6.71. The molecule has 0 saturated carbocycles. The molecule has 1 N–H and O–H groups in total. The Morgan fingerprint density at radius 3 is 1.95 bits per heavy atom. The Hall–Kier alpha value is -0.560. The number of thioether (sulfide) groups is 2. The second kappa shape index (κ2) is 9.39. The quantitative estimate of drug-likeness (QED) is 0.859. The second-order valence-electron chi connectivity index (χ2n) is 4.36. The summed E-state index contributed by atoms with van der Waals surface area (Å²) < 4.78 is 11.0. The lowest BCUT2D eigenvalue weighted by Crippen LogP contribution is -2.23. The zero-order chi connectivity index (χ0) is 14.0. The van der Waals surface area contributed by atoms with Gasteiger partial charge in [-0.25, -0.2) is 0 Å². The number of rotatable bonds is 1. The molecule has 1 aliphatic rings. The van der Waals surface area contributed by atoms with Crippen molar-refractivity contribution in [2.45, 2.75) is 0 Å². The van der Waals surface area contributed by atoms with E-state index in [1.165, 1.54) is 0 Å². The molecule has 112 valence electrons. The monoisotopic (exact) mass is 315 g/mol. The van der Waals surface area contributed by atoms with Crippen LogP contribution in [0.3, 0.4) is 0 Å². The number of ether oxygens (including phenoxy) is 2. The number of anilines is 1. The summed E-state index contributed by atoms with van der Waals surface area (Å²) in [5.41, 5.74) is 1.14. The van der Waals surface area contributed by atoms with Gasteiger partial charge in [-0.15, -0.1) is 23.5 Å². The fourth-order valence-corrected chi connectivity index (χ4v) is 3.52. The van der Waals surface area contributed by atoms with Gasteiger partial charge >= 0.3 is 0 Å². The smallest absolute Gasteiger partial charge is 0.115 e. The maximum absolute atomic E-state index is 9.38. The van der Waals surface area contributed by atoms with E-state index in [-0.39, 0.29) is 0 Å². The van der Waals surface area contributed by atoms with Crippen molar-refractivity contribution in [3.63, 3.8) is 0 Å². The summed E-state index contributed by atoms with van der Waals surface area (Å²) in [7, 11) is 0. The number of hydrogen-bond donors (Lipinski definition) is 1. The molecule has 0 radical (unpaired) electrons. The average Bonchev–Trinajstić information content (AvgIpc) is 2.49. The molecule has 0 aromatic heterocycles. The van der Waals surface area contributed by atoms with Crippen LogP contribution in [0, 0.1) is 0 Å². The minimum Gasteiger partial charge on any atom is -0.508 e. The zero-order valence-electron chi connectivity index (χ0n) is 11.5. The van der Waals surface area contributed by atoms with E-state index in [0.717, 1.165) is 42.2 Å². The van der Waals surface area contributed by atoms with Crippen LogP contribution in [0.5, 0.6) is 5.75 Å². The molecular weight excluding hydrogens is 294 g/mol. The van der Waals surface area contributed by atoms with Crippen LogP contribution in [0.25, 0.3) is 0 Å². The van der Waals surface area contributed by atoms with Crippen LogP contribution in [0.1, 0.15) is 0 Å². The van der Waals surface area contributed by atoms with Gasteiger partial charge in [-0.2, -0.15) is 0 Å². The average molecular weight is 315 g/mol. The second-order valence-corrected chi connectivity index (χ2v) is 6.51. The first-order valence-corrected chi connectivity index (χ1v) is 9.02. The molecule has 4 nitrogen and oxygen atoms in total. The van der Waals surface area contributed by atoms with Gasteiger partial charge in [0.2, 0.25) is 0 Å². The standard InChI is InChI=1S/C14H21NO3S2/c16-14-3-1-13(2-4-14)15-11-19-9-7-17-5-6-18-8-10-20-12-15/h1-4,16H,5-12H2. The molecule has 0 bridgehead atoms. The lowest BCUT2D eigenvalue weighted by molar-refractivity contribution is 0.0605. The van der Waals surface area contributed by atoms with Crippen LogP contribution in [-0.2, 0) is 9.47 Å². The molecule has 0 spiro atoms. The summed E-state index contributed by atoms with van der Waals surface area (Å²) in [5, 5.41) is 9.38. The number of aromatic hydroxyl groups is 1. The third-order valence-corrected chi connectivity index (χ3v) is 4.72. The normalized spacial score (nSPS) is 19.7. The predicted octanol–water partition coefficient (Wildman–Crippen LogP) is 2.63. The van der Waals surface area contributed by atoms with Gasteiger partial charge in [0.25, 0.3) is 0 Å². The summed E-state index contributed by atoms with van der Waals surface area (Å²) in [6.07, 6.45) is 0. The lowest BCUT2D eigenvalue weighted by Gasteiger charge is -2.24. The topological polar surface area (TPSA) is 41.9 Å². The van der Waals surface area contributed by atoms with Gasteiger partial charge in [-0.05, 0) is 24.3 Å². The van der Waals surface area contributed by atoms with Crippen molar-refractivity contribution < 1.29 is 14.6 Å². The maximum atomic E-state index is 9.38.